The Morgan fingerprint density at radius 3 is 2.52 bits per heavy atom. The summed E-state index contributed by atoms with van der Waals surface area (Å²) in [5.74, 6) is 1.70. The van der Waals surface area contributed by atoms with Crippen molar-refractivity contribution in [3.63, 3.8) is 0 Å². The summed E-state index contributed by atoms with van der Waals surface area (Å²) in [5.41, 5.74) is 9.14. The number of thiazole rings is 1. The summed E-state index contributed by atoms with van der Waals surface area (Å²) >= 11 is 1.53. The molecule has 1 aromatic heterocycles. The quantitative estimate of drug-likeness (QED) is 0.774. The van der Waals surface area contributed by atoms with Gasteiger partial charge in [0.1, 0.15) is 11.9 Å². The van der Waals surface area contributed by atoms with E-state index >= 15 is 0 Å². The maximum Gasteiger partial charge on any atom is 0.181 e. The highest BCUT2D eigenvalue weighted by Crippen LogP contribution is 2.33. The lowest BCUT2D eigenvalue weighted by Gasteiger charge is -2.44. The molecular formula is C20H21N3OS. The number of anilines is 1. The van der Waals surface area contributed by atoms with Crippen molar-refractivity contribution in [2.24, 2.45) is 5.92 Å². The van der Waals surface area contributed by atoms with E-state index in [2.05, 4.69) is 46.3 Å². The molecule has 1 unspecified atom stereocenters. The van der Waals surface area contributed by atoms with E-state index in [0.29, 0.717) is 11.2 Å². The number of hydrogen-bond acceptors (Lipinski definition) is 5. The van der Waals surface area contributed by atoms with Crippen LogP contribution in [0.4, 0.5) is 5.13 Å². The molecule has 3 saturated heterocycles. The van der Waals surface area contributed by atoms with Crippen LogP contribution in [0.25, 0.3) is 21.3 Å². The third-order valence-electron chi connectivity index (χ3n) is 5.48. The van der Waals surface area contributed by atoms with Crippen molar-refractivity contribution in [1.82, 2.24) is 9.88 Å². The molecule has 5 heteroatoms. The van der Waals surface area contributed by atoms with Gasteiger partial charge in [0.2, 0.25) is 0 Å². The molecular weight excluding hydrogens is 330 g/mol. The predicted octanol–water partition coefficient (Wildman–Crippen LogP) is 4.02. The SMILES string of the molecule is Nc1nc2ccc(-c3ccc(OC4CN5CCC4CC5)cc3)cc2s1. The van der Waals surface area contributed by atoms with Crippen LogP contribution in [-0.4, -0.2) is 35.6 Å². The van der Waals surface area contributed by atoms with Gasteiger partial charge in [-0.3, -0.25) is 4.90 Å². The van der Waals surface area contributed by atoms with Gasteiger partial charge in [0.25, 0.3) is 0 Å². The summed E-state index contributed by atoms with van der Waals surface area (Å²) in [5, 5.41) is 0.619. The molecule has 2 aromatic carbocycles. The first-order valence-corrected chi connectivity index (χ1v) is 9.72. The highest BCUT2D eigenvalue weighted by atomic mass is 32.1. The predicted molar refractivity (Wildman–Crippen MR) is 103 cm³/mol. The van der Waals surface area contributed by atoms with Crippen LogP contribution in [0.5, 0.6) is 5.75 Å². The molecule has 0 radical (unpaired) electrons. The fraction of sp³-hybridized carbons (Fsp3) is 0.350. The van der Waals surface area contributed by atoms with Gasteiger partial charge in [0.15, 0.2) is 5.13 Å². The molecule has 6 rings (SSSR count). The summed E-state index contributed by atoms with van der Waals surface area (Å²) in [6.07, 6.45) is 2.91. The lowest BCUT2D eigenvalue weighted by Crippen LogP contribution is -2.52. The molecule has 4 nitrogen and oxygen atoms in total. The Bertz CT molecular complexity index is 897. The van der Waals surface area contributed by atoms with E-state index in [1.54, 1.807) is 0 Å². The Hall–Kier alpha value is -2.11. The summed E-state index contributed by atoms with van der Waals surface area (Å²) in [6, 6.07) is 14.8. The molecule has 3 aliphatic heterocycles. The molecule has 3 aromatic rings. The Balaban J connectivity index is 1.35. The van der Waals surface area contributed by atoms with Crippen LogP contribution in [0.3, 0.4) is 0 Å². The maximum atomic E-state index is 6.29. The third kappa shape index (κ3) is 2.87. The van der Waals surface area contributed by atoms with Crippen molar-refractivity contribution < 1.29 is 4.74 Å². The Labute approximate surface area is 151 Å². The van der Waals surface area contributed by atoms with Crippen LogP contribution in [-0.2, 0) is 0 Å². The number of piperidine rings is 3. The summed E-state index contributed by atoms with van der Waals surface area (Å²) in [7, 11) is 0. The number of rotatable bonds is 3. The third-order valence-corrected chi connectivity index (χ3v) is 6.32. The number of nitrogens with zero attached hydrogens (tertiary/aromatic N) is 2. The molecule has 3 fully saturated rings. The normalized spacial score (nSPS) is 25.4. The first-order chi connectivity index (χ1) is 12.2. The fourth-order valence-electron chi connectivity index (χ4n) is 4.07. The second-order valence-corrected chi connectivity index (χ2v) is 8.12. The van der Waals surface area contributed by atoms with E-state index < -0.39 is 0 Å². The molecule has 4 heterocycles. The van der Waals surface area contributed by atoms with Gasteiger partial charge in [-0.2, -0.15) is 0 Å². The van der Waals surface area contributed by atoms with Gasteiger partial charge >= 0.3 is 0 Å². The molecule has 0 saturated carbocycles. The average molecular weight is 351 g/mol. The van der Waals surface area contributed by atoms with Gasteiger partial charge in [-0.1, -0.05) is 29.5 Å². The zero-order chi connectivity index (χ0) is 16.8. The second-order valence-electron chi connectivity index (χ2n) is 7.05. The van der Waals surface area contributed by atoms with Crippen LogP contribution >= 0.6 is 11.3 Å². The minimum absolute atomic E-state index is 0.352. The number of nitrogens with two attached hydrogens (primary N) is 1. The Morgan fingerprint density at radius 2 is 1.80 bits per heavy atom. The average Bonchev–Trinajstić information content (AvgIpc) is 3.02. The van der Waals surface area contributed by atoms with E-state index in [-0.39, 0.29) is 0 Å². The van der Waals surface area contributed by atoms with E-state index in [9.17, 15) is 0 Å². The lowest BCUT2D eigenvalue weighted by molar-refractivity contribution is -0.00775. The van der Waals surface area contributed by atoms with E-state index in [0.717, 1.165) is 28.4 Å². The van der Waals surface area contributed by atoms with Gasteiger partial charge in [-0.15, -0.1) is 0 Å². The van der Waals surface area contributed by atoms with Gasteiger partial charge in [-0.25, -0.2) is 4.98 Å². The first-order valence-electron chi connectivity index (χ1n) is 8.90. The van der Waals surface area contributed by atoms with Crippen LogP contribution < -0.4 is 10.5 Å². The van der Waals surface area contributed by atoms with Gasteiger partial charge in [0, 0.05) is 6.54 Å². The Morgan fingerprint density at radius 1 is 1.04 bits per heavy atom. The van der Waals surface area contributed by atoms with Crippen molar-refractivity contribution in [3.8, 4) is 16.9 Å². The van der Waals surface area contributed by atoms with Crippen LogP contribution in [0, 0.1) is 5.92 Å². The van der Waals surface area contributed by atoms with Crippen molar-refractivity contribution >= 4 is 26.7 Å². The van der Waals surface area contributed by atoms with Gasteiger partial charge in [0.05, 0.1) is 10.2 Å². The molecule has 2 N–H and O–H groups in total. The van der Waals surface area contributed by atoms with E-state index in [1.165, 1.54) is 48.4 Å². The lowest BCUT2D eigenvalue weighted by atomic mass is 9.86. The summed E-state index contributed by atoms with van der Waals surface area (Å²) < 4.78 is 7.41. The number of aromatic nitrogens is 1. The van der Waals surface area contributed by atoms with Crippen molar-refractivity contribution in [3.05, 3.63) is 42.5 Å². The number of hydrogen-bond donors (Lipinski definition) is 1. The second kappa shape index (κ2) is 6.00. The van der Waals surface area contributed by atoms with Crippen LogP contribution in [0.2, 0.25) is 0 Å². The molecule has 25 heavy (non-hydrogen) atoms. The molecule has 0 amide bonds. The molecule has 3 aliphatic rings. The minimum atomic E-state index is 0.352. The molecule has 128 valence electrons. The minimum Gasteiger partial charge on any atom is -0.489 e. The van der Waals surface area contributed by atoms with Crippen molar-refractivity contribution in [2.75, 3.05) is 25.4 Å². The van der Waals surface area contributed by atoms with Crippen LogP contribution in [0.15, 0.2) is 42.5 Å². The topological polar surface area (TPSA) is 51.4 Å². The first kappa shape index (κ1) is 15.2. The number of benzene rings is 2. The number of ether oxygens (including phenoxy) is 1. The highest BCUT2D eigenvalue weighted by molar-refractivity contribution is 7.22. The maximum absolute atomic E-state index is 6.29. The van der Waals surface area contributed by atoms with Gasteiger partial charge < -0.3 is 10.5 Å². The Kier molecular flexibility index (Phi) is 3.64. The monoisotopic (exact) mass is 351 g/mol. The molecule has 2 bridgehead atoms. The summed E-state index contributed by atoms with van der Waals surface area (Å²) in [6.45, 7) is 3.57. The van der Waals surface area contributed by atoms with Crippen molar-refractivity contribution in [2.45, 2.75) is 18.9 Å². The van der Waals surface area contributed by atoms with Crippen molar-refractivity contribution in [1.29, 1.82) is 0 Å². The molecule has 1 atom stereocenters. The molecule has 0 aliphatic carbocycles. The zero-order valence-corrected chi connectivity index (χ0v) is 14.8. The largest absolute Gasteiger partial charge is 0.489 e. The van der Waals surface area contributed by atoms with E-state index in [4.69, 9.17) is 10.5 Å². The summed E-state index contributed by atoms with van der Waals surface area (Å²) in [4.78, 5) is 6.84. The standard InChI is InChI=1S/C20H21N3OS/c21-20-22-17-6-3-15(11-19(17)25-20)13-1-4-16(5-2-13)24-18-12-23-9-7-14(18)8-10-23/h1-6,11,14,18H,7-10,12H2,(H2,21,22). The molecule has 0 spiro atoms. The number of fused-ring (bicyclic) bond motifs is 4. The zero-order valence-electron chi connectivity index (χ0n) is 14.0. The fourth-order valence-corrected chi connectivity index (χ4v) is 4.84. The van der Waals surface area contributed by atoms with E-state index in [1.807, 2.05) is 6.07 Å². The van der Waals surface area contributed by atoms with Crippen LogP contribution in [0.1, 0.15) is 12.8 Å². The number of nitrogen functional groups attached to an aromatic ring is 1. The van der Waals surface area contributed by atoms with Gasteiger partial charge in [-0.05, 0) is 67.2 Å². The highest BCUT2D eigenvalue weighted by Gasteiger charge is 2.35. The smallest absolute Gasteiger partial charge is 0.181 e.